The average Bonchev–Trinajstić information content (AvgIpc) is 4.03. The summed E-state index contributed by atoms with van der Waals surface area (Å²) in [6, 6.07) is 7.95. The summed E-state index contributed by atoms with van der Waals surface area (Å²) in [6.07, 6.45) is 6.67. The monoisotopic (exact) mass is 720 g/mol. The highest BCUT2D eigenvalue weighted by molar-refractivity contribution is 7.91. The van der Waals surface area contributed by atoms with Crippen LogP contribution in [-0.2, 0) is 19.6 Å². The summed E-state index contributed by atoms with van der Waals surface area (Å²) in [7, 11) is -0.613. The summed E-state index contributed by atoms with van der Waals surface area (Å²) < 4.78 is 53.6. The maximum Gasteiger partial charge on any atom is 0.320 e. The lowest BCUT2D eigenvalue weighted by Crippen LogP contribution is -2.57. The maximum absolute atomic E-state index is 14.2. The van der Waals surface area contributed by atoms with Crippen molar-refractivity contribution < 1.29 is 36.7 Å². The van der Waals surface area contributed by atoms with Crippen LogP contribution in [0, 0.1) is 18.7 Å². The minimum Gasteiger partial charge on any atom is -0.496 e. The number of aryl methyl sites for hydroxylation is 1. The first kappa shape index (κ1) is 34.6. The number of allylic oxidation sites excluding steroid dienone is 1. The summed E-state index contributed by atoms with van der Waals surface area (Å²) in [4.78, 5) is 54.1. The zero-order valence-corrected chi connectivity index (χ0v) is 29.5. The van der Waals surface area contributed by atoms with Gasteiger partial charge in [-0.1, -0.05) is 12.2 Å². The molecule has 0 spiro atoms. The first-order valence-corrected chi connectivity index (χ1v) is 18.8. The van der Waals surface area contributed by atoms with E-state index in [2.05, 4.69) is 10.0 Å². The van der Waals surface area contributed by atoms with Crippen molar-refractivity contribution in [3.05, 3.63) is 59.9 Å². The lowest BCUT2D eigenvalue weighted by atomic mass is 10.1. The van der Waals surface area contributed by atoms with E-state index in [1.807, 2.05) is 19.1 Å². The Balaban J connectivity index is 1.21. The molecule has 7 rings (SSSR count). The molecule has 3 fully saturated rings. The van der Waals surface area contributed by atoms with Gasteiger partial charge >= 0.3 is 6.03 Å². The van der Waals surface area contributed by atoms with Crippen molar-refractivity contribution in [3.63, 3.8) is 0 Å². The van der Waals surface area contributed by atoms with Crippen molar-refractivity contribution >= 4 is 38.8 Å². The van der Waals surface area contributed by atoms with Crippen molar-refractivity contribution in [3.8, 4) is 23.0 Å². The molecule has 0 bridgehead atoms. The third kappa shape index (κ3) is 6.83. The number of hydrogen-bond acceptors (Lipinski definition) is 9. The van der Waals surface area contributed by atoms with Gasteiger partial charge in [0.1, 0.15) is 29.3 Å². The molecule has 4 amide bonds. The molecular formula is C36H41FN6O7S. The predicted octanol–water partition coefficient (Wildman–Crippen LogP) is 3.85. The molecule has 2 aromatic carbocycles. The molecule has 51 heavy (non-hydrogen) atoms. The van der Waals surface area contributed by atoms with Crippen molar-refractivity contribution in [2.75, 3.05) is 27.2 Å². The van der Waals surface area contributed by atoms with Crippen LogP contribution in [0.5, 0.6) is 11.6 Å². The van der Waals surface area contributed by atoms with Gasteiger partial charge in [-0.15, -0.1) is 0 Å². The standard InChI is InChI=1S/C36H41FN6O7S/c1-21-29(49-3)16-15-27-30(21)38-31(22-9-11-24(37)12-10-22)39-33(27)50-25-18-28-32(44)40-36(34(45)41-51(47,48)26-13-14-26)19-23(36)8-6-4-5-7-17-42(2)35(46)43(28)20-25/h6,8-12,15-16,23,25-26,28H,4-5,7,13-14,17-20H2,1-3H3,(H,40,44)(H,41,45)/b8-6-/t23-,25-,28+,36-/m1/s1. The van der Waals surface area contributed by atoms with E-state index in [-0.39, 0.29) is 31.3 Å². The molecule has 3 aromatic rings. The topological polar surface area (TPSA) is 160 Å². The molecule has 0 unspecified atom stereocenters. The summed E-state index contributed by atoms with van der Waals surface area (Å²) in [5, 5.41) is 2.85. The Morgan fingerprint density at radius 2 is 1.86 bits per heavy atom. The third-order valence-electron chi connectivity index (χ3n) is 10.2. The molecule has 0 radical (unpaired) electrons. The highest BCUT2D eigenvalue weighted by atomic mass is 32.2. The first-order valence-electron chi connectivity index (χ1n) is 17.2. The van der Waals surface area contributed by atoms with Crippen LogP contribution in [0.15, 0.2) is 48.6 Å². The Morgan fingerprint density at radius 1 is 1.10 bits per heavy atom. The summed E-state index contributed by atoms with van der Waals surface area (Å²) >= 11 is 0. The van der Waals surface area contributed by atoms with E-state index < -0.39 is 56.5 Å². The highest BCUT2D eigenvalue weighted by Crippen LogP contribution is 2.46. The largest absolute Gasteiger partial charge is 0.496 e. The van der Waals surface area contributed by atoms with Gasteiger partial charge in [-0.2, -0.15) is 4.98 Å². The molecule has 270 valence electrons. The van der Waals surface area contributed by atoms with Crippen LogP contribution in [0.4, 0.5) is 9.18 Å². The highest BCUT2D eigenvalue weighted by Gasteiger charge is 2.62. The number of sulfonamides is 1. The second-order valence-electron chi connectivity index (χ2n) is 13.9. The molecule has 2 aliphatic heterocycles. The number of ether oxygens (including phenoxy) is 2. The number of carbonyl (C=O) groups is 3. The predicted molar refractivity (Wildman–Crippen MR) is 186 cm³/mol. The number of hydrogen-bond donors (Lipinski definition) is 2. The van der Waals surface area contributed by atoms with E-state index >= 15 is 0 Å². The van der Waals surface area contributed by atoms with E-state index in [9.17, 15) is 27.2 Å². The zero-order chi connectivity index (χ0) is 36.1. The summed E-state index contributed by atoms with van der Waals surface area (Å²) in [6.45, 7) is 2.39. The molecule has 1 saturated heterocycles. The molecule has 4 aliphatic rings. The minimum absolute atomic E-state index is 0.0480. The molecule has 2 aliphatic carbocycles. The molecule has 2 N–H and O–H groups in total. The number of amides is 4. The fourth-order valence-corrected chi connectivity index (χ4v) is 8.34. The van der Waals surface area contributed by atoms with Crippen LogP contribution in [0.3, 0.4) is 0 Å². The van der Waals surface area contributed by atoms with Gasteiger partial charge in [0.15, 0.2) is 5.82 Å². The van der Waals surface area contributed by atoms with Crippen LogP contribution < -0.4 is 19.5 Å². The second kappa shape index (κ2) is 13.4. The molecule has 15 heteroatoms. The van der Waals surface area contributed by atoms with Crippen LogP contribution in [0.1, 0.15) is 50.5 Å². The number of halogens is 1. The first-order chi connectivity index (χ1) is 24.4. The molecule has 2 saturated carbocycles. The number of aromatic nitrogens is 2. The Morgan fingerprint density at radius 3 is 2.59 bits per heavy atom. The van der Waals surface area contributed by atoms with Gasteiger partial charge in [-0.25, -0.2) is 22.6 Å². The quantitative estimate of drug-likeness (QED) is 0.346. The van der Waals surface area contributed by atoms with Crippen LogP contribution in [0.2, 0.25) is 0 Å². The zero-order valence-electron chi connectivity index (χ0n) is 28.7. The van der Waals surface area contributed by atoms with Gasteiger partial charge in [0, 0.05) is 37.1 Å². The lowest BCUT2D eigenvalue weighted by Gasteiger charge is -2.30. The Bertz CT molecular complexity index is 2020. The van der Waals surface area contributed by atoms with Crippen molar-refractivity contribution in [1.82, 2.24) is 29.8 Å². The number of methoxy groups -OCH3 is 1. The average molecular weight is 721 g/mol. The number of nitrogens with zero attached hydrogens (tertiary/aromatic N) is 4. The van der Waals surface area contributed by atoms with E-state index in [0.717, 1.165) is 18.4 Å². The van der Waals surface area contributed by atoms with Crippen molar-refractivity contribution in [1.29, 1.82) is 0 Å². The number of rotatable bonds is 7. The fraction of sp³-hybridized carbons (Fsp3) is 0.472. The van der Waals surface area contributed by atoms with Gasteiger partial charge in [0.25, 0.3) is 5.91 Å². The second-order valence-corrected chi connectivity index (χ2v) is 15.8. The molecule has 1 aromatic heterocycles. The number of fused-ring (bicyclic) bond motifs is 3. The Hall–Kier alpha value is -4.79. The van der Waals surface area contributed by atoms with Crippen LogP contribution in [-0.4, -0.2) is 96.2 Å². The van der Waals surface area contributed by atoms with E-state index in [1.54, 1.807) is 43.3 Å². The lowest BCUT2D eigenvalue weighted by molar-refractivity contribution is -0.131. The number of benzene rings is 2. The van der Waals surface area contributed by atoms with Gasteiger partial charge in [-0.05, 0) is 81.8 Å². The van der Waals surface area contributed by atoms with E-state index in [1.165, 1.54) is 17.0 Å². The molecular weight excluding hydrogens is 679 g/mol. The number of nitrogens with one attached hydrogen (secondary N) is 2. The van der Waals surface area contributed by atoms with Crippen LogP contribution in [0.25, 0.3) is 22.3 Å². The third-order valence-corrected chi connectivity index (χ3v) is 12.0. The fourth-order valence-electron chi connectivity index (χ4n) is 6.98. The summed E-state index contributed by atoms with van der Waals surface area (Å²) in [5.74, 6) is -1.02. The smallest absolute Gasteiger partial charge is 0.320 e. The van der Waals surface area contributed by atoms with Gasteiger partial charge in [-0.3, -0.25) is 14.3 Å². The normalized spacial score (nSPS) is 26.1. The summed E-state index contributed by atoms with van der Waals surface area (Å²) in [5.41, 5.74) is 0.407. The Labute approximate surface area is 295 Å². The van der Waals surface area contributed by atoms with Crippen molar-refractivity contribution in [2.45, 2.75) is 74.8 Å². The molecule has 4 atom stereocenters. The maximum atomic E-state index is 14.2. The van der Waals surface area contributed by atoms with Crippen LogP contribution >= 0.6 is 0 Å². The number of urea groups is 1. The van der Waals surface area contributed by atoms with Gasteiger partial charge in [0.05, 0.1) is 29.8 Å². The van der Waals surface area contributed by atoms with E-state index in [0.29, 0.717) is 53.8 Å². The number of carbonyl (C=O) groups excluding carboxylic acids is 3. The van der Waals surface area contributed by atoms with E-state index in [4.69, 9.17) is 19.4 Å². The Kier molecular flexibility index (Phi) is 9.10. The van der Waals surface area contributed by atoms with Gasteiger partial charge in [0.2, 0.25) is 21.8 Å². The minimum atomic E-state index is -3.86. The van der Waals surface area contributed by atoms with Gasteiger partial charge < -0.3 is 24.6 Å². The SMILES string of the molecule is COc1ccc2c(O[C@@H]3C[C@H]4C(=O)N[C@]5(C(=O)NS(=O)(=O)C6CC6)C[C@H]5/C=C\CCCCN(C)C(=O)N4C3)nc(-c3ccc(F)cc3)nc2c1C. The van der Waals surface area contributed by atoms with Crippen molar-refractivity contribution in [2.24, 2.45) is 5.92 Å². The molecule has 3 heterocycles. The molecule has 13 nitrogen and oxygen atoms in total.